The standard InChI is InChI=1S/C13H17N3O3S.ClH/c1-15-8-9-16(11-15)7-4-10-20(18,19)14-12-5-2-3-6-13(12)17;/h2-3,5-6,8-9,11,14H,4,7,10H2,1H3;1H. The Kier molecular flexibility index (Phi) is 6.04. The zero-order chi connectivity index (χ0) is 14.6. The van der Waals surface area contributed by atoms with Crippen molar-refractivity contribution < 1.29 is 30.5 Å². The summed E-state index contributed by atoms with van der Waals surface area (Å²) in [5.74, 6) is -0.0723. The summed E-state index contributed by atoms with van der Waals surface area (Å²) in [5.41, 5.74) is 0.208. The number of sulfonamides is 1. The highest BCUT2D eigenvalue weighted by Gasteiger charge is 2.13. The molecule has 0 radical (unpaired) electrons. The van der Waals surface area contributed by atoms with Crippen LogP contribution >= 0.6 is 0 Å². The summed E-state index contributed by atoms with van der Waals surface area (Å²) in [6.45, 7) is 0.628. The maximum absolute atomic E-state index is 11.9. The molecule has 8 heteroatoms. The average molecular weight is 332 g/mol. The molecule has 2 N–H and O–H groups in total. The first kappa shape index (κ1) is 17.3. The van der Waals surface area contributed by atoms with E-state index in [1.54, 1.807) is 12.1 Å². The lowest BCUT2D eigenvalue weighted by atomic mass is 10.3. The highest BCUT2D eigenvalue weighted by molar-refractivity contribution is 7.92. The van der Waals surface area contributed by atoms with Gasteiger partial charge in [-0.1, -0.05) is 12.1 Å². The van der Waals surface area contributed by atoms with Crippen molar-refractivity contribution in [2.24, 2.45) is 7.05 Å². The monoisotopic (exact) mass is 331 g/mol. The number of phenolic OH excluding ortho intramolecular Hbond substituents is 1. The number of rotatable bonds is 6. The van der Waals surface area contributed by atoms with E-state index in [2.05, 4.69) is 4.72 Å². The maximum Gasteiger partial charge on any atom is 0.243 e. The van der Waals surface area contributed by atoms with Crippen LogP contribution in [0, 0.1) is 0 Å². The molecule has 0 fully saturated rings. The van der Waals surface area contributed by atoms with Crippen molar-refractivity contribution in [3.05, 3.63) is 43.0 Å². The molecule has 0 unspecified atom stereocenters. The smallest absolute Gasteiger partial charge is 0.243 e. The first-order chi connectivity index (χ1) is 9.46. The lowest BCUT2D eigenvalue weighted by molar-refractivity contribution is -0.671. The Morgan fingerprint density at radius 3 is 2.67 bits per heavy atom. The molecule has 0 aliphatic heterocycles. The molecule has 2 aromatic rings. The number of anilines is 1. The molecule has 0 amide bonds. The predicted octanol–water partition coefficient (Wildman–Crippen LogP) is -2.15. The number of aryl methyl sites for hydroxylation is 2. The zero-order valence-electron chi connectivity index (χ0n) is 11.6. The number of imidazole rings is 1. The van der Waals surface area contributed by atoms with Gasteiger partial charge in [0.25, 0.3) is 0 Å². The number of nitrogens with one attached hydrogen (secondary N) is 1. The second-order valence-corrected chi connectivity index (χ2v) is 6.45. The first-order valence-corrected chi connectivity index (χ1v) is 7.91. The van der Waals surface area contributed by atoms with Gasteiger partial charge < -0.3 is 17.5 Å². The van der Waals surface area contributed by atoms with Crippen molar-refractivity contribution in [2.75, 3.05) is 10.5 Å². The summed E-state index contributed by atoms with van der Waals surface area (Å²) in [6.07, 6.45) is 6.18. The molecule has 21 heavy (non-hydrogen) atoms. The number of phenols is 1. The van der Waals surface area contributed by atoms with Crippen LogP contribution in [-0.4, -0.2) is 23.8 Å². The Hall–Kier alpha value is -1.73. The fourth-order valence-corrected chi connectivity index (χ4v) is 2.97. The van der Waals surface area contributed by atoms with Crippen LogP contribution in [0.1, 0.15) is 6.42 Å². The number of hydrogen-bond acceptors (Lipinski definition) is 3. The molecule has 1 aromatic carbocycles. The molecule has 1 heterocycles. The van der Waals surface area contributed by atoms with E-state index < -0.39 is 10.0 Å². The highest BCUT2D eigenvalue weighted by atomic mass is 35.5. The van der Waals surface area contributed by atoms with Crippen molar-refractivity contribution >= 4 is 15.7 Å². The van der Waals surface area contributed by atoms with E-state index in [9.17, 15) is 13.5 Å². The van der Waals surface area contributed by atoms with Gasteiger partial charge in [-0.05, 0) is 12.1 Å². The van der Waals surface area contributed by atoms with Crippen LogP contribution in [0.2, 0.25) is 0 Å². The lowest BCUT2D eigenvalue weighted by Crippen LogP contribution is -3.00. The van der Waals surface area contributed by atoms with Crippen molar-refractivity contribution in [1.29, 1.82) is 0 Å². The van der Waals surface area contributed by atoms with E-state index in [0.717, 1.165) is 0 Å². The largest absolute Gasteiger partial charge is 1.00 e. The van der Waals surface area contributed by atoms with E-state index in [0.29, 0.717) is 13.0 Å². The van der Waals surface area contributed by atoms with Gasteiger partial charge in [0.2, 0.25) is 16.4 Å². The van der Waals surface area contributed by atoms with Gasteiger partial charge in [0.05, 0.1) is 25.0 Å². The fourth-order valence-electron chi connectivity index (χ4n) is 1.85. The highest BCUT2D eigenvalue weighted by Crippen LogP contribution is 2.22. The summed E-state index contributed by atoms with van der Waals surface area (Å²) in [7, 11) is -1.54. The minimum Gasteiger partial charge on any atom is -1.00 e. The number of benzene rings is 1. The summed E-state index contributed by atoms with van der Waals surface area (Å²) in [6, 6.07) is 6.27. The molecule has 0 atom stereocenters. The number of aromatic hydroxyl groups is 1. The van der Waals surface area contributed by atoms with Gasteiger partial charge >= 0.3 is 0 Å². The Balaban J connectivity index is 0.00000220. The maximum atomic E-state index is 11.9. The van der Waals surface area contributed by atoms with Crippen molar-refractivity contribution in [3.63, 3.8) is 0 Å². The second kappa shape index (κ2) is 7.33. The third-order valence-electron chi connectivity index (χ3n) is 2.82. The van der Waals surface area contributed by atoms with E-state index in [-0.39, 0.29) is 29.6 Å². The molecule has 1 aromatic heterocycles. The third kappa shape index (κ3) is 5.28. The zero-order valence-corrected chi connectivity index (χ0v) is 13.2. The lowest BCUT2D eigenvalue weighted by Gasteiger charge is -2.08. The molecule has 0 spiro atoms. The van der Waals surface area contributed by atoms with Crippen LogP contribution < -0.4 is 21.7 Å². The van der Waals surface area contributed by atoms with Gasteiger partial charge in [-0.15, -0.1) is 0 Å². The molecule has 0 saturated heterocycles. The minimum atomic E-state index is -3.45. The molecule has 0 bridgehead atoms. The Morgan fingerprint density at radius 2 is 2.05 bits per heavy atom. The Bertz CT molecular complexity index is 685. The second-order valence-electron chi connectivity index (χ2n) is 4.61. The van der Waals surface area contributed by atoms with E-state index in [1.165, 1.54) is 12.1 Å². The normalized spacial score (nSPS) is 10.9. The van der Waals surface area contributed by atoms with E-state index >= 15 is 0 Å². The number of para-hydroxylation sites is 2. The quantitative estimate of drug-likeness (QED) is 0.468. The molecule has 6 nitrogen and oxygen atoms in total. The summed E-state index contributed by atoms with van der Waals surface area (Å²) in [4.78, 5) is 0. The first-order valence-electron chi connectivity index (χ1n) is 6.26. The van der Waals surface area contributed by atoms with Crippen LogP contribution in [0.5, 0.6) is 5.75 Å². The number of hydrogen-bond donors (Lipinski definition) is 2. The van der Waals surface area contributed by atoms with Crippen molar-refractivity contribution in [3.8, 4) is 5.75 Å². The summed E-state index contributed by atoms with van der Waals surface area (Å²) in [5, 5.41) is 9.55. The number of aromatic nitrogens is 2. The van der Waals surface area contributed by atoms with Gasteiger partial charge in [0.1, 0.15) is 18.1 Å². The third-order valence-corrected chi connectivity index (χ3v) is 4.18. The van der Waals surface area contributed by atoms with Crippen LogP contribution in [0.25, 0.3) is 0 Å². The molecule has 0 aliphatic carbocycles. The molecule has 0 aliphatic rings. The minimum absolute atomic E-state index is 0. The van der Waals surface area contributed by atoms with E-state index in [1.807, 2.05) is 34.9 Å². The van der Waals surface area contributed by atoms with Crippen molar-refractivity contribution in [2.45, 2.75) is 13.0 Å². The molecular weight excluding hydrogens is 314 g/mol. The molecule has 0 saturated carbocycles. The van der Waals surface area contributed by atoms with Gasteiger partial charge in [-0.25, -0.2) is 17.6 Å². The topological polar surface area (TPSA) is 75.2 Å². The summed E-state index contributed by atoms with van der Waals surface area (Å²) < 4.78 is 30.0. The SMILES string of the molecule is C[n+]1ccn(CCCS(=O)(=O)Nc2ccccc2O)c1.[Cl-]. The van der Waals surface area contributed by atoms with E-state index in [4.69, 9.17) is 0 Å². The number of halogens is 1. The van der Waals surface area contributed by atoms with Crippen LogP contribution in [0.4, 0.5) is 5.69 Å². The average Bonchev–Trinajstić information content (AvgIpc) is 2.77. The van der Waals surface area contributed by atoms with Gasteiger partial charge in [0.15, 0.2) is 0 Å². The van der Waals surface area contributed by atoms with Gasteiger partial charge in [-0.2, -0.15) is 0 Å². The molecule has 116 valence electrons. The Labute approximate surface area is 130 Å². The molecular formula is C13H18ClN3O3S. The van der Waals surface area contributed by atoms with Crippen LogP contribution in [0.3, 0.4) is 0 Å². The van der Waals surface area contributed by atoms with Crippen molar-refractivity contribution in [1.82, 2.24) is 4.57 Å². The summed E-state index contributed by atoms with van der Waals surface area (Å²) >= 11 is 0. The Morgan fingerprint density at radius 1 is 1.33 bits per heavy atom. The predicted molar refractivity (Wildman–Crippen MR) is 75.7 cm³/mol. The molecule has 2 rings (SSSR count). The van der Waals surface area contributed by atoms with Gasteiger partial charge in [-0.3, -0.25) is 4.72 Å². The van der Waals surface area contributed by atoms with Crippen LogP contribution in [0.15, 0.2) is 43.0 Å². The fraction of sp³-hybridized carbons (Fsp3) is 0.308. The number of nitrogens with zero attached hydrogens (tertiary/aromatic N) is 2. The van der Waals surface area contributed by atoms with Gasteiger partial charge in [0, 0.05) is 6.42 Å². The van der Waals surface area contributed by atoms with Crippen LogP contribution in [-0.2, 0) is 23.6 Å².